The lowest BCUT2D eigenvalue weighted by Crippen LogP contribution is -2.35. The zero-order chi connectivity index (χ0) is 24.5. The maximum Gasteiger partial charge on any atom is 0.227 e. The summed E-state index contributed by atoms with van der Waals surface area (Å²) in [5, 5.41) is 14.4. The Morgan fingerprint density at radius 2 is 1.97 bits per heavy atom. The number of benzene rings is 1. The van der Waals surface area contributed by atoms with Gasteiger partial charge in [-0.15, -0.1) is 0 Å². The zero-order valence-electron chi connectivity index (χ0n) is 20.0. The lowest BCUT2D eigenvalue weighted by Gasteiger charge is -2.25. The Bertz CT molecular complexity index is 1370. The number of ether oxygens (including phenoxy) is 1. The lowest BCUT2D eigenvalue weighted by molar-refractivity contribution is -0.117. The van der Waals surface area contributed by atoms with Gasteiger partial charge in [-0.1, -0.05) is 11.8 Å². The molecule has 4 aromatic rings. The van der Waals surface area contributed by atoms with E-state index in [2.05, 4.69) is 25.7 Å². The molecule has 0 bridgehead atoms. The summed E-state index contributed by atoms with van der Waals surface area (Å²) in [5.41, 5.74) is 3.58. The van der Waals surface area contributed by atoms with Crippen LogP contribution in [0.3, 0.4) is 0 Å². The number of nitrogens with zero attached hydrogens (tertiary/aromatic N) is 5. The van der Waals surface area contributed by atoms with Crippen molar-refractivity contribution in [2.75, 3.05) is 36.9 Å². The third-order valence-corrected chi connectivity index (χ3v) is 7.13. The summed E-state index contributed by atoms with van der Waals surface area (Å²) in [6.45, 7) is 6.04. The highest BCUT2D eigenvalue weighted by Crippen LogP contribution is 2.32. The second-order valence-corrected chi connectivity index (χ2v) is 10.3. The number of aromatic nitrogens is 5. The first-order valence-corrected chi connectivity index (χ1v) is 13.0. The topological polar surface area (TPSA) is 112 Å². The van der Waals surface area contributed by atoms with Crippen LogP contribution in [0, 0.1) is 12.8 Å². The molecule has 2 aliphatic rings. The van der Waals surface area contributed by atoms with Gasteiger partial charge in [-0.05, 0) is 44.0 Å². The van der Waals surface area contributed by atoms with E-state index in [9.17, 15) is 4.79 Å². The highest BCUT2D eigenvalue weighted by molar-refractivity contribution is 7.99. The standard InChI is InChI=1S/C25H28N8O2S/c1-16-12-21(31-30-16)28-25-29-23(36-20-6-4-18(5-7-20)27-24(34)17-2-3-17)13-22-26-19(15-33(22)25)14-32-8-10-35-11-9-32/h4-7,12-13,15,17H,2-3,8-11,14H2,1H3,(H,27,34)(H2,28,29,30,31). The largest absolute Gasteiger partial charge is 0.379 e. The van der Waals surface area contributed by atoms with Gasteiger partial charge in [0.25, 0.3) is 0 Å². The van der Waals surface area contributed by atoms with Gasteiger partial charge in [0.1, 0.15) is 10.7 Å². The van der Waals surface area contributed by atoms with Crippen molar-refractivity contribution in [3.8, 4) is 0 Å². The molecule has 1 saturated heterocycles. The molecule has 0 radical (unpaired) electrons. The van der Waals surface area contributed by atoms with Gasteiger partial charge in [-0.3, -0.25) is 19.2 Å². The van der Waals surface area contributed by atoms with Gasteiger partial charge in [0.2, 0.25) is 11.9 Å². The molecule has 11 heteroatoms. The van der Waals surface area contributed by atoms with E-state index < -0.39 is 0 Å². The van der Waals surface area contributed by atoms with E-state index in [-0.39, 0.29) is 11.8 Å². The van der Waals surface area contributed by atoms with Crippen molar-refractivity contribution >= 4 is 40.8 Å². The van der Waals surface area contributed by atoms with Crippen LogP contribution in [0.5, 0.6) is 0 Å². The molecule has 3 aromatic heterocycles. The summed E-state index contributed by atoms with van der Waals surface area (Å²) in [6.07, 6.45) is 4.01. The monoisotopic (exact) mass is 504 g/mol. The predicted molar refractivity (Wildman–Crippen MR) is 138 cm³/mol. The fourth-order valence-electron chi connectivity index (χ4n) is 4.14. The van der Waals surface area contributed by atoms with Crippen molar-refractivity contribution in [3.63, 3.8) is 0 Å². The zero-order valence-corrected chi connectivity index (χ0v) is 20.8. The van der Waals surface area contributed by atoms with Gasteiger partial charge in [0, 0.05) is 60.2 Å². The number of nitrogens with one attached hydrogen (secondary N) is 3. The Hall–Kier alpha value is -3.41. The number of morpholine rings is 1. The Morgan fingerprint density at radius 3 is 2.69 bits per heavy atom. The molecule has 0 unspecified atom stereocenters. The molecule has 10 nitrogen and oxygen atoms in total. The van der Waals surface area contributed by atoms with Gasteiger partial charge in [0.15, 0.2) is 5.82 Å². The number of carbonyl (C=O) groups excluding carboxylic acids is 1. The van der Waals surface area contributed by atoms with E-state index >= 15 is 0 Å². The molecule has 1 aliphatic carbocycles. The van der Waals surface area contributed by atoms with Gasteiger partial charge < -0.3 is 15.4 Å². The second-order valence-electron chi connectivity index (χ2n) is 9.22. The molecule has 1 aliphatic heterocycles. The highest BCUT2D eigenvalue weighted by atomic mass is 32.2. The number of anilines is 3. The Kier molecular flexibility index (Phi) is 6.34. The molecule has 2 fully saturated rings. The van der Waals surface area contributed by atoms with E-state index in [4.69, 9.17) is 14.7 Å². The van der Waals surface area contributed by atoms with Crippen molar-refractivity contribution in [2.45, 2.75) is 36.2 Å². The fourth-order valence-corrected chi connectivity index (χ4v) is 4.95. The van der Waals surface area contributed by atoms with Gasteiger partial charge in [0.05, 0.1) is 18.9 Å². The van der Waals surface area contributed by atoms with Gasteiger partial charge in [-0.2, -0.15) is 5.10 Å². The molecular formula is C25H28N8O2S. The second kappa shape index (κ2) is 9.92. The van der Waals surface area contributed by atoms with Gasteiger partial charge >= 0.3 is 0 Å². The van der Waals surface area contributed by atoms with Crippen LogP contribution in [0.25, 0.3) is 5.65 Å². The van der Waals surface area contributed by atoms with E-state index in [1.165, 1.54) is 0 Å². The summed E-state index contributed by atoms with van der Waals surface area (Å²) < 4.78 is 7.45. The van der Waals surface area contributed by atoms with E-state index in [1.54, 1.807) is 11.8 Å². The Balaban J connectivity index is 1.25. The minimum absolute atomic E-state index is 0.110. The molecule has 0 atom stereocenters. The van der Waals surface area contributed by atoms with Crippen molar-refractivity contribution in [1.29, 1.82) is 0 Å². The van der Waals surface area contributed by atoms with E-state index in [0.29, 0.717) is 11.8 Å². The Morgan fingerprint density at radius 1 is 1.17 bits per heavy atom. The van der Waals surface area contributed by atoms with Crippen LogP contribution in [0.15, 0.2) is 52.5 Å². The summed E-state index contributed by atoms with van der Waals surface area (Å²) in [5.74, 6) is 1.64. The molecule has 0 spiro atoms. The number of amides is 1. The number of carbonyl (C=O) groups is 1. The minimum atomic E-state index is 0.110. The first-order chi connectivity index (χ1) is 17.6. The van der Waals surface area contributed by atoms with Crippen LogP contribution in [-0.4, -0.2) is 61.7 Å². The smallest absolute Gasteiger partial charge is 0.227 e. The molecule has 1 saturated carbocycles. The molecule has 1 aromatic carbocycles. The van der Waals surface area contributed by atoms with Crippen LogP contribution in [-0.2, 0) is 16.1 Å². The molecule has 1 amide bonds. The molecule has 4 heterocycles. The first-order valence-electron chi connectivity index (χ1n) is 12.2. The van der Waals surface area contributed by atoms with E-state index in [0.717, 1.165) is 78.3 Å². The average molecular weight is 505 g/mol. The average Bonchev–Trinajstić information content (AvgIpc) is 3.54. The molecular weight excluding hydrogens is 476 g/mol. The molecule has 6 rings (SSSR count). The third kappa shape index (κ3) is 5.38. The lowest BCUT2D eigenvalue weighted by atomic mass is 10.3. The van der Waals surface area contributed by atoms with Crippen LogP contribution in [0.2, 0.25) is 0 Å². The molecule has 186 valence electrons. The highest BCUT2D eigenvalue weighted by Gasteiger charge is 2.29. The van der Waals surface area contributed by atoms with Crippen molar-refractivity contribution in [3.05, 3.63) is 54.0 Å². The first kappa shape index (κ1) is 23.0. The number of hydrogen-bond donors (Lipinski definition) is 3. The quantitative estimate of drug-likeness (QED) is 0.310. The van der Waals surface area contributed by atoms with E-state index in [1.807, 2.05) is 53.9 Å². The number of imidazole rings is 1. The maximum absolute atomic E-state index is 12.0. The van der Waals surface area contributed by atoms with Crippen LogP contribution in [0.1, 0.15) is 24.2 Å². The number of H-pyrrole nitrogens is 1. The molecule has 36 heavy (non-hydrogen) atoms. The number of aromatic amines is 1. The number of hydrogen-bond acceptors (Lipinski definition) is 8. The summed E-state index contributed by atoms with van der Waals surface area (Å²) in [7, 11) is 0. The number of rotatable bonds is 8. The van der Waals surface area contributed by atoms with Crippen molar-refractivity contribution in [1.82, 2.24) is 29.5 Å². The van der Waals surface area contributed by atoms with Gasteiger partial charge in [-0.25, -0.2) is 9.97 Å². The van der Waals surface area contributed by atoms with Crippen LogP contribution < -0.4 is 10.6 Å². The number of aryl methyl sites for hydroxylation is 1. The van der Waals surface area contributed by atoms with Crippen molar-refractivity contribution in [2.24, 2.45) is 5.92 Å². The third-order valence-electron chi connectivity index (χ3n) is 6.21. The number of fused-ring (bicyclic) bond motifs is 1. The summed E-state index contributed by atoms with van der Waals surface area (Å²) in [4.78, 5) is 25.2. The normalized spacial score (nSPS) is 16.4. The predicted octanol–water partition coefficient (Wildman–Crippen LogP) is 3.84. The maximum atomic E-state index is 12.0. The van der Waals surface area contributed by atoms with Crippen LogP contribution >= 0.6 is 11.8 Å². The summed E-state index contributed by atoms with van der Waals surface area (Å²) >= 11 is 1.55. The fraction of sp³-hybridized carbons (Fsp3) is 0.360. The summed E-state index contributed by atoms with van der Waals surface area (Å²) in [6, 6.07) is 11.8. The van der Waals surface area contributed by atoms with Crippen molar-refractivity contribution < 1.29 is 9.53 Å². The van der Waals surface area contributed by atoms with Crippen LogP contribution in [0.4, 0.5) is 17.5 Å². The molecule has 3 N–H and O–H groups in total. The minimum Gasteiger partial charge on any atom is -0.379 e. The Labute approximate surface area is 212 Å². The SMILES string of the molecule is Cc1cc(Nc2nc(Sc3ccc(NC(=O)C4CC4)cc3)cc3nc(CN4CCOCC4)cn23)n[nH]1.